The van der Waals surface area contributed by atoms with Crippen LogP contribution < -0.4 is 0 Å². The van der Waals surface area contributed by atoms with E-state index in [1.54, 1.807) is 0 Å². The smallest absolute Gasteiger partial charge is 0.180 e. The fraction of sp³-hybridized carbons (Fsp3) is 0. The quantitative estimate of drug-likeness (QED) is 0.169. The molecular formula is C49H29N5O2. The highest BCUT2D eigenvalue weighted by atomic mass is 16.3. The molecule has 0 N–H and O–H groups in total. The van der Waals surface area contributed by atoms with Crippen LogP contribution in [0, 0.1) is 0 Å². The second-order valence-electron chi connectivity index (χ2n) is 13.6. The van der Waals surface area contributed by atoms with Gasteiger partial charge in [-0.15, -0.1) is 0 Å². The Balaban J connectivity index is 1.04. The van der Waals surface area contributed by atoms with Gasteiger partial charge in [0.2, 0.25) is 0 Å². The molecule has 0 saturated carbocycles. The van der Waals surface area contributed by atoms with Crippen molar-refractivity contribution in [1.82, 2.24) is 24.9 Å². The van der Waals surface area contributed by atoms with Crippen LogP contribution in [0.5, 0.6) is 0 Å². The van der Waals surface area contributed by atoms with Gasteiger partial charge in [0.25, 0.3) is 0 Å². The van der Waals surface area contributed by atoms with E-state index in [0.717, 1.165) is 83.1 Å². The van der Waals surface area contributed by atoms with Gasteiger partial charge in [0.1, 0.15) is 28.0 Å². The molecule has 11 aromatic rings. The summed E-state index contributed by atoms with van der Waals surface area (Å²) < 4.78 is 12.9. The van der Waals surface area contributed by atoms with E-state index in [1.165, 1.54) is 0 Å². The summed E-state index contributed by atoms with van der Waals surface area (Å²) in [6.45, 7) is 0. The molecule has 0 spiro atoms. The largest absolute Gasteiger partial charge is 0.456 e. The number of benzene rings is 7. The molecule has 7 heteroatoms. The monoisotopic (exact) mass is 719 g/mol. The van der Waals surface area contributed by atoms with Gasteiger partial charge in [-0.1, -0.05) is 140 Å². The zero-order valence-electron chi connectivity index (χ0n) is 29.8. The van der Waals surface area contributed by atoms with Crippen molar-refractivity contribution in [3.63, 3.8) is 0 Å². The van der Waals surface area contributed by atoms with E-state index < -0.39 is 0 Å². The lowest BCUT2D eigenvalue weighted by atomic mass is 9.97. The molecule has 4 aromatic heterocycles. The van der Waals surface area contributed by atoms with Crippen LogP contribution in [0.1, 0.15) is 0 Å². The summed E-state index contributed by atoms with van der Waals surface area (Å²) in [5.41, 5.74) is 11.2. The molecule has 0 aliphatic heterocycles. The molecule has 0 amide bonds. The van der Waals surface area contributed by atoms with E-state index in [0.29, 0.717) is 28.9 Å². The van der Waals surface area contributed by atoms with Gasteiger partial charge in [-0.25, -0.2) is 24.9 Å². The molecule has 0 fully saturated rings. The van der Waals surface area contributed by atoms with Crippen molar-refractivity contribution < 1.29 is 8.83 Å². The van der Waals surface area contributed by atoms with Gasteiger partial charge >= 0.3 is 0 Å². The van der Waals surface area contributed by atoms with Gasteiger partial charge in [-0.3, -0.25) is 0 Å². The van der Waals surface area contributed by atoms with Gasteiger partial charge < -0.3 is 8.83 Å². The molecule has 4 heterocycles. The Bertz CT molecular complexity index is 3170. The van der Waals surface area contributed by atoms with Crippen LogP contribution >= 0.6 is 0 Å². The highest BCUT2D eigenvalue weighted by molar-refractivity contribution is 6.14. The van der Waals surface area contributed by atoms with Crippen molar-refractivity contribution in [1.29, 1.82) is 0 Å². The minimum Gasteiger partial charge on any atom is -0.456 e. The van der Waals surface area contributed by atoms with E-state index in [9.17, 15) is 0 Å². The number of fused-ring (bicyclic) bond motifs is 6. The first-order valence-corrected chi connectivity index (χ1v) is 18.4. The minimum absolute atomic E-state index is 0.609. The van der Waals surface area contributed by atoms with Crippen LogP contribution in [0.15, 0.2) is 185 Å². The average Bonchev–Trinajstić information content (AvgIpc) is 3.85. The molecule has 0 radical (unpaired) electrons. The van der Waals surface area contributed by atoms with Crippen LogP contribution in [0.2, 0.25) is 0 Å². The zero-order chi connectivity index (χ0) is 37.0. The zero-order valence-corrected chi connectivity index (χ0v) is 29.8. The van der Waals surface area contributed by atoms with Crippen LogP contribution in [0.25, 0.3) is 112 Å². The van der Waals surface area contributed by atoms with Crippen molar-refractivity contribution in [2.24, 2.45) is 0 Å². The predicted octanol–water partition coefficient (Wildman–Crippen LogP) is 12.5. The van der Waals surface area contributed by atoms with Crippen molar-refractivity contribution in [3.8, 4) is 67.9 Å². The molecule has 0 aliphatic carbocycles. The lowest BCUT2D eigenvalue weighted by Crippen LogP contribution is -2.00. The average molecular weight is 720 g/mol. The van der Waals surface area contributed by atoms with Crippen LogP contribution in [-0.2, 0) is 0 Å². The van der Waals surface area contributed by atoms with Gasteiger partial charge in [0.05, 0.1) is 0 Å². The Kier molecular flexibility index (Phi) is 7.35. The maximum Gasteiger partial charge on any atom is 0.180 e. The van der Waals surface area contributed by atoms with E-state index >= 15 is 0 Å². The second-order valence-corrected chi connectivity index (χ2v) is 13.6. The third-order valence-corrected chi connectivity index (χ3v) is 10.2. The summed E-state index contributed by atoms with van der Waals surface area (Å²) in [7, 11) is 0. The highest BCUT2D eigenvalue weighted by Gasteiger charge is 2.20. The van der Waals surface area contributed by atoms with Crippen molar-refractivity contribution >= 4 is 44.0 Å². The lowest BCUT2D eigenvalue weighted by molar-refractivity contribution is 0.666. The maximum atomic E-state index is 6.45. The van der Waals surface area contributed by atoms with Gasteiger partial charge in [0, 0.05) is 44.0 Å². The highest BCUT2D eigenvalue weighted by Crippen LogP contribution is 2.41. The Morgan fingerprint density at radius 2 is 0.821 bits per heavy atom. The first-order chi connectivity index (χ1) is 27.7. The maximum absolute atomic E-state index is 6.45. The Labute approximate surface area is 320 Å². The number of nitrogens with zero attached hydrogens (tertiary/aromatic N) is 5. The Morgan fingerprint density at radius 3 is 1.46 bits per heavy atom. The second kappa shape index (κ2) is 13.0. The van der Waals surface area contributed by atoms with Gasteiger partial charge in [-0.2, -0.15) is 0 Å². The van der Waals surface area contributed by atoms with Crippen LogP contribution in [0.4, 0.5) is 0 Å². The van der Waals surface area contributed by atoms with E-state index in [-0.39, 0.29) is 0 Å². The third-order valence-electron chi connectivity index (χ3n) is 10.2. The number of hydrogen-bond acceptors (Lipinski definition) is 7. The molecule has 0 bridgehead atoms. The van der Waals surface area contributed by atoms with Crippen molar-refractivity contribution in [2.45, 2.75) is 0 Å². The van der Waals surface area contributed by atoms with Crippen molar-refractivity contribution in [3.05, 3.63) is 176 Å². The molecule has 56 heavy (non-hydrogen) atoms. The number of furan rings is 2. The molecule has 0 saturated heterocycles. The molecule has 7 nitrogen and oxygen atoms in total. The molecule has 11 rings (SSSR count). The molecule has 7 aromatic carbocycles. The molecule has 0 atom stereocenters. The van der Waals surface area contributed by atoms with Crippen LogP contribution in [0.3, 0.4) is 0 Å². The fourth-order valence-corrected chi connectivity index (χ4v) is 7.45. The first-order valence-electron chi connectivity index (χ1n) is 18.4. The summed E-state index contributed by atoms with van der Waals surface area (Å²) in [4.78, 5) is 24.8. The molecule has 262 valence electrons. The number of hydrogen-bond donors (Lipinski definition) is 0. The normalized spacial score (nSPS) is 11.6. The predicted molar refractivity (Wildman–Crippen MR) is 223 cm³/mol. The van der Waals surface area contributed by atoms with Crippen molar-refractivity contribution in [2.75, 3.05) is 0 Å². The first kappa shape index (κ1) is 31.7. The van der Waals surface area contributed by atoms with Crippen LogP contribution in [-0.4, -0.2) is 24.9 Å². The molecule has 0 aliphatic rings. The summed E-state index contributed by atoms with van der Waals surface area (Å²) in [6.07, 6.45) is 0. The number of rotatable bonds is 6. The standard InChI is InChI=1S/C49H29N5O2/c1-4-13-31(14-5-1)46-50-43(45-44(51-46)37-19-10-11-21-39(37)56-45)35-27-28-40-38(29-35)42-36(20-12-22-41(42)55-40)30-23-25-34(26-24-30)49-53-47(32-15-6-2-7-16-32)52-48(54-49)33-17-8-3-9-18-33/h1-29H. The third kappa shape index (κ3) is 5.41. The lowest BCUT2D eigenvalue weighted by Gasteiger charge is -2.09. The Morgan fingerprint density at radius 1 is 0.321 bits per heavy atom. The summed E-state index contributed by atoms with van der Waals surface area (Å²) in [6, 6.07) is 58.9. The summed E-state index contributed by atoms with van der Waals surface area (Å²) in [5, 5.41) is 2.96. The SMILES string of the molecule is c1ccc(-c2nc(-c3ccccc3)nc(-c3ccc(-c4cccc5oc6ccc(-c7nc(-c8ccccc8)nc8c7oc7ccccc78)cc6c45)cc3)n2)cc1. The number of para-hydroxylation sites is 1. The van der Waals surface area contributed by atoms with E-state index in [1.807, 2.05) is 140 Å². The topological polar surface area (TPSA) is 90.7 Å². The minimum atomic E-state index is 0.609. The van der Waals surface area contributed by atoms with E-state index in [2.05, 4.69) is 36.4 Å². The number of aromatic nitrogens is 5. The summed E-state index contributed by atoms with van der Waals surface area (Å²) in [5.74, 6) is 2.51. The fourth-order valence-electron chi connectivity index (χ4n) is 7.45. The molecular weight excluding hydrogens is 691 g/mol. The summed E-state index contributed by atoms with van der Waals surface area (Å²) >= 11 is 0. The molecule has 0 unspecified atom stereocenters. The Hall–Kier alpha value is -7.77. The van der Waals surface area contributed by atoms with Gasteiger partial charge in [-0.05, 0) is 47.5 Å². The van der Waals surface area contributed by atoms with Gasteiger partial charge in [0.15, 0.2) is 28.9 Å². The van der Waals surface area contributed by atoms with E-state index in [4.69, 9.17) is 33.8 Å².